The molecule has 0 fully saturated rings. The summed E-state index contributed by atoms with van der Waals surface area (Å²) in [6.07, 6.45) is 3.67. The second-order valence-electron chi connectivity index (χ2n) is 4.67. The second kappa shape index (κ2) is 3.52. The number of para-hydroxylation sites is 2. The van der Waals surface area contributed by atoms with Crippen molar-refractivity contribution in [1.29, 1.82) is 0 Å². The molecule has 4 heterocycles. The van der Waals surface area contributed by atoms with Crippen LogP contribution in [0.3, 0.4) is 0 Å². The molecule has 5 aromatic rings. The molecule has 0 aliphatic carbocycles. The van der Waals surface area contributed by atoms with Crippen LogP contribution in [-0.4, -0.2) is 19.4 Å². The Hall–Kier alpha value is -2.53. The fourth-order valence-electron chi connectivity index (χ4n) is 2.64. The van der Waals surface area contributed by atoms with Crippen LogP contribution in [0.25, 0.3) is 37.1 Å². The van der Waals surface area contributed by atoms with E-state index in [0.717, 1.165) is 37.1 Å². The Labute approximate surface area is 117 Å². The van der Waals surface area contributed by atoms with Gasteiger partial charge in [0.25, 0.3) is 0 Å². The molecule has 0 unspecified atom stereocenters. The van der Waals surface area contributed by atoms with E-state index in [0.29, 0.717) is 0 Å². The average molecular weight is 276 g/mol. The van der Waals surface area contributed by atoms with Crippen molar-refractivity contribution in [2.45, 2.75) is 0 Å². The lowest BCUT2D eigenvalue weighted by Gasteiger charge is -1.95. The minimum atomic E-state index is 0.958. The minimum absolute atomic E-state index is 0.958. The number of rotatable bonds is 0. The van der Waals surface area contributed by atoms with Gasteiger partial charge in [-0.3, -0.25) is 4.40 Å². The summed E-state index contributed by atoms with van der Waals surface area (Å²) in [7, 11) is 0. The predicted octanol–water partition coefficient (Wildman–Crippen LogP) is 3.65. The first-order chi connectivity index (χ1) is 9.92. The zero-order valence-corrected chi connectivity index (χ0v) is 11.1. The second-order valence-corrected chi connectivity index (χ2v) is 5.67. The number of fused-ring (bicyclic) bond motifs is 7. The van der Waals surface area contributed by atoms with E-state index in [9.17, 15) is 0 Å². The number of thiophene rings is 1. The van der Waals surface area contributed by atoms with Crippen molar-refractivity contribution >= 4 is 48.5 Å². The van der Waals surface area contributed by atoms with Gasteiger partial charge in [0.05, 0.1) is 21.3 Å². The highest BCUT2D eigenvalue weighted by molar-refractivity contribution is 7.26. The van der Waals surface area contributed by atoms with Crippen LogP contribution in [0.4, 0.5) is 0 Å². The summed E-state index contributed by atoms with van der Waals surface area (Å²) in [4.78, 5) is 14.8. The van der Waals surface area contributed by atoms with Crippen molar-refractivity contribution in [3.8, 4) is 0 Å². The first-order valence-electron chi connectivity index (χ1n) is 6.31. The molecule has 0 spiro atoms. The Morgan fingerprint density at radius 2 is 1.95 bits per heavy atom. The standard InChI is InChI=1S/C15H8N4S/c1-2-6-11-10(5-1)18-14-13-12(17-8-19(11)14)9-4-3-7-16-15(9)20-13/h1-8H. The van der Waals surface area contributed by atoms with E-state index >= 15 is 0 Å². The molecule has 0 atom stereocenters. The van der Waals surface area contributed by atoms with Crippen LogP contribution in [0, 0.1) is 0 Å². The van der Waals surface area contributed by atoms with Gasteiger partial charge >= 0.3 is 0 Å². The van der Waals surface area contributed by atoms with Gasteiger partial charge in [-0.25, -0.2) is 15.0 Å². The van der Waals surface area contributed by atoms with Gasteiger partial charge in [-0.2, -0.15) is 0 Å². The predicted molar refractivity (Wildman–Crippen MR) is 81.2 cm³/mol. The Kier molecular flexibility index (Phi) is 1.81. The SMILES string of the molecule is c1ccc2c(c1)nc1c3sc4ncccc4c3ncn21. The zero-order chi connectivity index (χ0) is 13.1. The first-order valence-corrected chi connectivity index (χ1v) is 7.12. The van der Waals surface area contributed by atoms with Crippen molar-refractivity contribution in [2.24, 2.45) is 0 Å². The van der Waals surface area contributed by atoms with E-state index < -0.39 is 0 Å². The quantitative estimate of drug-likeness (QED) is 0.433. The molecule has 4 nitrogen and oxygen atoms in total. The Morgan fingerprint density at radius 3 is 2.95 bits per heavy atom. The number of benzene rings is 1. The number of aromatic nitrogens is 4. The van der Waals surface area contributed by atoms with Gasteiger partial charge in [-0.15, -0.1) is 11.3 Å². The lowest BCUT2D eigenvalue weighted by molar-refractivity contribution is 1.16. The van der Waals surface area contributed by atoms with Gasteiger partial charge in [-0.1, -0.05) is 12.1 Å². The molecule has 5 rings (SSSR count). The van der Waals surface area contributed by atoms with Gasteiger partial charge < -0.3 is 0 Å². The number of hydrogen-bond acceptors (Lipinski definition) is 4. The summed E-state index contributed by atoms with van der Waals surface area (Å²) >= 11 is 1.65. The maximum Gasteiger partial charge on any atom is 0.158 e. The molecular weight excluding hydrogens is 268 g/mol. The van der Waals surface area contributed by atoms with Crippen molar-refractivity contribution < 1.29 is 0 Å². The molecule has 4 aromatic heterocycles. The third kappa shape index (κ3) is 1.18. The van der Waals surface area contributed by atoms with Crippen molar-refractivity contribution in [2.75, 3.05) is 0 Å². The van der Waals surface area contributed by atoms with Gasteiger partial charge in [0.15, 0.2) is 5.65 Å². The summed E-state index contributed by atoms with van der Waals surface area (Å²) in [5.74, 6) is 0. The van der Waals surface area contributed by atoms with Gasteiger partial charge in [0, 0.05) is 11.6 Å². The number of hydrogen-bond donors (Lipinski definition) is 0. The summed E-state index contributed by atoms with van der Waals surface area (Å²) in [5, 5.41) is 1.10. The zero-order valence-electron chi connectivity index (χ0n) is 10.3. The molecule has 0 aliphatic heterocycles. The van der Waals surface area contributed by atoms with Gasteiger partial charge in [0.1, 0.15) is 11.2 Å². The summed E-state index contributed by atoms with van der Waals surface area (Å²) in [5.41, 5.74) is 4.02. The molecule has 1 aromatic carbocycles. The van der Waals surface area contributed by atoms with Crippen LogP contribution in [0.1, 0.15) is 0 Å². The number of imidazole rings is 1. The van der Waals surface area contributed by atoms with Crippen molar-refractivity contribution in [3.05, 3.63) is 48.9 Å². The van der Waals surface area contributed by atoms with Crippen LogP contribution >= 0.6 is 11.3 Å². The Morgan fingerprint density at radius 1 is 1.00 bits per heavy atom. The maximum atomic E-state index is 4.74. The van der Waals surface area contributed by atoms with E-state index in [1.54, 1.807) is 11.3 Å². The van der Waals surface area contributed by atoms with E-state index in [-0.39, 0.29) is 0 Å². The van der Waals surface area contributed by atoms with Crippen molar-refractivity contribution in [3.63, 3.8) is 0 Å². The van der Waals surface area contributed by atoms with E-state index in [4.69, 9.17) is 4.98 Å². The molecule has 0 aliphatic rings. The summed E-state index contributed by atoms with van der Waals surface area (Å²) < 4.78 is 3.14. The first kappa shape index (κ1) is 10.3. The number of pyridine rings is 1. The Bertz CT molecular complexity index is 1020. The monoisotopic (exact) mass is 276 g/mol. The summed E-state index contributed by atoms with van der Waals surface area (Å²) in [6.45, 7) is 0. The minimum Gasteiger partial charge on any atom is -0.282 e. The molecule has 0 N–H and O–H groups in total. The van der Waals surface area contributed by atoms with Crippen LogP contribution in [0.5, 0.6) is 0 Å². The van der Waals surface area contributed by atoms with Crippen LogP contribution < -0.4 is 0 Å². The topological polar surface area (TPSA) is 43.1 Å². The van der Waals surface area contributed by atoms with Crippen LogP contribution in [0.2, 0.25) is 0 Å². The normalized spacial score (nSPS) is 12.0. The maximum absolute atomic E-state index is 4.74. The summed E-state index contributed by atoms with van der Waals surface area (Å²) in [6, 6.07) is 12.1. The number of nitrogens with zero attached hydrogens (tertiary/aromatic N) is 4. The molecule has 0 amide bonds. The molecule has 0 bridgehead atoms. The third-order valence-electron chi connectivity index (χ3n) is 3.54. The molecule has 5 heteroatoms. The smallest absolute Gasteiger partial charge is 0.158 e. The molecular formula is C15H8N4S. The fourth-order valence-corrected chi connectivity index (χ4v) is 3.71. The lowest BCUT2D eigenvalue weighted by Crippen LogP contribution is -1.86. The third-order valence-corrected chi connectivity index (χ3v) is 4.64. The Balaban J connectivity index is 2.10. The lowest BCUT2D eigenvalue weighted by atomic mass is 10.3. The molecule has 0 saturated heterocycles. The molecule has 94 valence electrons. The molecule has 0 saturated carbocycles. The highest BCUT2D eigenvalue weighted by atomic mass is 32.1. The van der Waals surface area contributed by atoms with Gasteiger partial charge in [-0.05, 0) is 24.3 Å². The largest absolute Gasteiger partial charge is 0.282 e. The average Bonchev–Trinajstić information content (AvgIpc) is 3.05. The van der Waals surface area contributed by atoms with Gasteiger partial charge in [0.2, 0.25) is 0 Å². The van der Waals surface area contributed by atoms with Crippen LogP contribution in [0.15, 0.2) is 48.9 Å². The highest BCUT2D eigenvalue weighted by Gasteiger charge is 2.13. The van der Waals surface area contributed by atoms with E-state index in [2.05, 4.69) is 22.1 Å². The molecule has 0 radical (unpaired) electrons. The van der Waals surface area contributed by atoms with Crippen molar-refractivity contribution in [1.82, 2.24) is 19.4 Å². The van der Waals surface area contributed by atoms with E-state index in [1.165, 1.54) is 0 Å². The van der Waals surface area contributed by atoms with E-state index in [1.807, 2.05) is 41.2 Å². The fraction of sp³-hybridized carbons (Fsp3) is 0. The molecule has 20 heavy (non-hydrogen) atoms. The van der Waals surface area contributed by atoms with Crippen LogP contribution in [-0.2, 0) is 0 Å². The highest BCUT2D eigenvalue weighted by Crippen LogP contribution is 2.34.